The minimum absolute atomic E-state index is 0.443. The average molecular weight is 305 g/mol. The van der Waals surface area contributed by atoms with E-state index < -0.39 is 0 Å². The summed E-state index contributed by atoms with van der Waals surface area (Å²) in [6.07, 6.45) is 4.99. The topological polar surface area (TPSA) is 42.1 Å². The first kappa shape index (κ1) is 16.2. The number of anilines is 1. The number of hydrogen-bond donors (Lipinski definition) is 1. The Hall–Kier alpha value is -1.16. The molecule has 2 N–H and O–H groups in total. The van der Waals surface area contributed by atoms with Gasteiger partial charge in [-0.1, -0.05) is 26.1 Å². The van der Waals surface area contributed by atoms with Gasteiger partial charge in [0.25, 0.3) is 0 Å². The summed E-state index contributed by atoms with van der Waals surface area (Å²) in [4.78, 5) is 7.32. The van der Waals surface area contributed by atoms with Gasteiger partial charge in [0.15, 0.2) is 0 Å². The van der Waals surface area contributed by atoms with Crippen LogP contribution in [-0.2, 0) is 0 Å². The van der Waals surface area contributed by atoms with Crippen LogP contribution in [0.2, 0.25) is 0 Å². The van der Waals surface area contributed by atoms with E-state index in [2.05, 4.69) is 36.8 Å². The second-order valence-electron chi connectivity index (χ2n) is 7.11. The molecular weight excluding hydrogens is 278 g/mol. The molecule has 1 fully saturated rings. The van der Waals surface area contributed by atoms with Crippen LogP contribution in [0.1, 0.15) is 56.5 Å². The summed E-state index contributed by atoms with van der Waals surface area (Å²) >= 11 is 5.25. The Morgan fingerprint density at radius 2 is 1.90 bits per heavy atom. The third-order valence-electron chi connectivity index (χ3n) is 4.79. The highest BCUT2D eigenvalue weighted by molar-refractivity contribution is 7.80. The van der Waals surface area contributed by atoms with Gasteiger partial charge >= 0.3 is 0 Å². The monoisotopic (exact) mass is 305 g/mol. The van der Waals surface area contributed by atoms with E-state index in [1.165, 1.54) is 25.7 Å². The van der Waals surface area contributed by atoms with Gasteiger partial charge in [0.2, 0.25) is 0 Å². The summed E-state index contributed by atoms with van der Waals surface area (Å²) < 4.78 is 0. The van der Waals surface area contributed by atoms with Crippen molar-refractivity contribution in [3.05, 3.63) is 23.0 Å². The van der Waals surface area contributed by atoms with Crippen molar-refractivity contribution in [2.45, 2.75) is 59.4 Å². The van der Waals surface area contributed by atoms with Crippen LogP contribution >= 0.6 is 12.2 Å². The molecule has 0 radical (unpaired) electrons. The summed E-state index contributed by atoms with van der Waals surface area (Å²) in [5.74, 6) is 0. The van der Waals surface area contributed by atoms with Crippen LogP contribution in [0.4, 0.5) is 5.69 Å². The molecule has 0 bridgehead atoms. The molecular formula is C17H27N3S. The van der Waals surface area contributed by atoms with Crippen molar-refractivity contribution in [1.29, 1.82) is 0 Å². The molecule has 1 aromatic heterocycles. The standard InChI is InChI=1S/C17H27N3S/c1-11-10-14(15(16(18)21)12(2)19-11)20(5)13-6-8-17(3,4)9-7-13/h10,13H,6-9H2,1-5H3,(H2,18,21). The predicted octanol–water partition coefficient (Wildman–Crippen LogP) is 3.74. The van der Waals surface area contributed by atoms with Crippen LogP contribution in [-0.4, -0.2) is 23.1 Å². The first-order valence-corrected chi connectivity index (χ1v) is 8.13. The molecule has 1 aliphatic rings. The molecule has 0 unspecified atom stereocenters. The number of rotatable bonds is 3. The Morgan fingerprint density at radius 1 is 1.33 bits per heavy atom. The Morgan fingerprint density at radius 3 is 2.43 bits per heavy atom. The molecule has 0 spiro atoms. The van der Waals surface area contributed by atoms with Gasteiger partial charge in [-0.15, -0.1) is 0 Å². The fourth-order valence-corrected chi connectivity index (χ4v) is 3.61. The van der Waals surface area contributed by atoms with E-state index in [1.807, 2.05) is 13.8 Å². The smallest absolute Gasteiger partial charge is 0.107 e. The lowest BCUT2D eigenvalue weighted by molar-refractivity contribution is 0.222. The van der Waals surface area contributed by atoms with E-state index >= 15 is 0 Å². The van der Waals surface area contributed by atoms with E-state index in [4.69, 9.17) is 18.0 Å². The lowest BCUT2D eigenvalue weighted by atomic mass is 9.75. The van der Waals surface area contributed by atoms with Crippen molar-refractivity contribution in [3.63, 3.8) is 0 Å². The van der Waals surface area contributed by atoms with Crippen molar-refractivity contribution in [2.75, 3.05) is 11.9 Å². The fraction of sp³-hybridized carbons (Fsp3) is 0.647. The van der Waals surface area contributed by atoms with Gasteiger partial charge < -0.3 is 10.6 Å². The highest BCUT2D eigenvalue weighted by Crippen LogP contribution is 2.38. The van der Waals surface area contributed by atoms with Crippen molar-refractivity contribution in [3.8, 4) is 0 Å². The zero-order valence-electron chi connectivity index (χ0n) is 13.9. The first-order valence-electron chi connectivity index (χ1n) is 7.72. The lowest BCUT2D eigenvalue weighted by Gasteiger charge is -2.40. The molecule has 4 heteroatoms. The van der Waals surface area contributed by atoms with Crippen LogP contribution in [0.3, 0.4) is 0 Å². The molecule has 2 rings (SSSR count). The van der Waals surface area contributed by atoms with E-state index in [-0.39, 0.29) is 0 Å². The normalized spacial score (nSPS) is 18.5. The molecule has 116 valence electrons. The molecule has 21 heavy (non-hydrogen) atoms. The van der Waals surface area contributed by atoms with Gasteiger partial charge in [-0.2, -0.15) is 0 Å². The second-order valence-corrected chi connectivity index (χ2v) is 7.55. The van der Waals surface area contributed by atoms with Gasteiger partial charge in [-0.25, -0.2) is 0 Å². The Balaban J connectivity index is 2.31. The van der Waals surface area contributed by atoms with E-state index in [1.54, 1.807) is 0 Å². The minimum atomic E-state index is 0.443. The van der Waals surface area contributed by atoms with Crippen LogP contribution < -0.4 is 10.6 Å². The fourth-order valence-electron chi connectivity index (χ4n) is 3.36. The van der Waals surface area contributed by atoms with Crippen LogP contribution in [0, 0.1) is 19.3 Å². The molecule has 0 saturated heterocycles. The number of nitrogens with two attached hydrogens (primary N) is 1. The Labute approximate surface area is 133 Å². The zero-order valence-corrected chi connectivity index (χ0v) is 14.7. The summed E-state index contributed by atoms with van der Waals surface area (Å²) in [6.45, 7) is 8.75. The summed E-state index contributed by atoms with van der Waals surface area (Å²) in [6, 6.07) is 2.67. The van der Waals surface area contributed by atoms with Gasteiger partial charge in [0.1, 0.15) is 4.99 Å². The second kappa shape index (κ2) is 5.91. The van der Waals surface area contributed by atoms with E-state index in [0.717, 1.165) is 22.6 Å². The molecule has 0 aliphatic heterocycles. The Bertz CT molecular complexity index is 541. The summed E-state index contributed by atoms with van der Waals surface area (Å²) in [5.41, 5.74) is 10.4. The molecule has 1 heterocycles. The van der Waals surface area contributed by atoms with E-state index in [9.17, 15) is 0 Å². The van der Waals surface area contributed by atoms with E-state index in [0.29, 0.717) is 16.4 Å². The maximum Gasteiger partial charge on any atom is 0.107 e. The van der Waals surface area contributed by atoms with Gasteiger partial charge in [-0.05, 0) is 51.0 Å². The Kier molecular flexibility index (Phi) is 4.57. The van der Waals surface area contributed by atoms with Crippen LogP contribution in [0.15, 0.2) is 6.07 Å². The number of thiocarbonyl (C=S) groups is 1. The maximum absolute atomic E-state index is 5.94. The number of hydrogen-bond acceptors (Lipinski definition) is 3. The summed E-state index contributed by atoms with van der Waals surface area (Å²) in [7, 11) is 2.17. The predicted molar refractivity (Wildman–Crippen MR) is 94.0 cm³/mol. The molecule has 0 atom stereocenters. The van der Waals surface area contributed by atoms with Gasteiger partial charge in [0, 0.05) is 24.5 Å². The molecule has 0 aromatic carbocycles. The number of aryl methyl sites for hydroxylation is 2. The van der Waals surface area contributed by atoms with Crippen molar-refractivity contribution >= 4 is 22.9 Å². The van der Waals surface area contributed by atoms with Crippen molar-refractivity contribution < 1.29 is 0 Å². The average Bonchev–Trinajstić information content (AvgIpc) is 2.36. The molecule has 3 nitrogen and oxygen atoms in total. The maximum atomic E-state index is 5.94. The SMILES string of the molecule is Cc1cc(N(C)C2CCC(C)(C)CC2)c(C(N)=S)c(C)n1. The zero-order chi connectivity index (χ0) is 15.8. The lowest BCUT2D eigenvalue weighted by Crippen LogP contribution is -2.38. The number of pyridine rings is 1. The van der Waals surface area contributed by atoms with Crippen LogP contribution in [0.25, 0.3) is 0 Å². The minimum Gasteiger partial charge on any atom is -0.389 e. The van der Waals surface area contributed by atoms with Gasteiger partial charge in [-0.3, -0.25) is 4.98 Å². The first-order chi connectivity index (χ1) is 9.71. The highest BCUT2D eigenvalue weighted by Gasteiger charge is 2.30. The quantitative estimate of drug-likeness (QED) is 0.864. The molecule has 1 saturated carbocycles. The van der Waals surface area contributed by atoms with Gasteiger partial charge in [0.05, 0.1) is 11.3 Å². The largest absolute Gasteiger partial charge is 0.389 e. The molecule has 1 aromatic rings. The highest BCUT2D eigenvalue weighted by atomic mass is 32.1. The number of aromatic nitrogens is 1. The summed E-state index contributed by atoms with van der Waals surface area (Å²) in [5, 5.41) is 0. The molecule has 0 amide bonds. The van der Waals surface area contributed by atoms with Crippen LogP contribution in [0.5, 0.6) is 0 Å². The van der Waals surface area contributed by atoms with Crippen molar-refractivity contribution in [1.82, 2.24) is 4.98 Å². The third-order valence-corrected chi connectivity index (χ3v) is 4.99. The van der Waals surface area contributed by atoms with Crippen molar-refractivity contribution in [2.24, 2.45) is 11.1 Å². The third kappa shape index (κ3) is 3.54. The number of nitrogens with zero attached hydrogens (tertiary/aromatic N) is 2. The molecule has 1 aliphatic carbocycles.